The number of hydrogen-bond donors (Lipinski definition) is 1. The Balaban J connectivity index is 1.93. The monoisotopic (exact) mass is 454 g/mol. The zero-order chi connectivity index (χ0) is 22.6. The molecule has 0 saturated carbocycles. The lowest BCUT2D eigenvalue weighted by atomic mass is 9.92. The molecule has 0 bridgehead atoms. The van der Waals surface area contributed by atoms with Gasteiger partial charge in [-0.2, -0.15) is 13.2 Å². The molecule has 2 aromatic rings. The fraction of sp³-hybridized carbons (Fsp3) is 0.409. The Hall–Kier alpha value is -2.68. The van der Waals surface area contributed by atoms with E-state index in [1.54, 1.807) is 14.2 Å². The Kier molecular flexibility index (Phi) is 7.15. The van der Waals surface area contributed by atoms with Crippen LogP contribution in [0.5, 0.6) is 17.2 Å². The van der Waals surface area contributed by atoms with Gasteiger partial charge in [0, 0.05) is 13.1 Å². The van der Waals surface area contributed by atoms with Crippen LogP contribution in [0.4, 0.5) is 13.2 Å². The number of rotatable bonds is 6. The normalized spacial score (nSPS) is 15.8. The molecule has 1 aliphatic heterocycles. The standard InChI is InChI=1S/C22H25F3N2O3S/c1-4-26-21(31)27-9-8-14-10-19(28-2)20(29-3)12-17(14)18(27)13-30-16-7-5-6-15(11-16)22(23,24)25/h5-7,10-12,18H,4,8-9,13H2,1-3H3,(H,26,31)/t18-/m1/s1. The number of hydrogen-bond acceptors (Lipinski definition) is 4. The highest BCUT2D eigenvalue weighted by atomic mass is 32.1. The van der Waals surface area contributed by atoms with Crippen molar-refractivity contribution in [2.45, 2.75) is 25.6 Å². The average molecular weight is 455 g/mol. The quantitative estimate of drug-likeness (QED) is 0.644. The molecule has 5 nitrogen and oxygen atoms in total. The molecule has 9 heteroatoms. The summed E-state index contributed by atoms with van der Waals surface area (Å²) in [7, 11) is 3.14. The molecule has 1 heterocycles. The molecule has 1 N–H and O–H groups in total. The van der Waals surface area contributed by atoms with Crippen molar-refractivity contribution in [2.75, 3.05) is 33.9 Å². The van der Waals surface area contributed by atoms with E-state index in [4.69, 9.17) is 26.4 Å². The number of alkyl halides is 3. The summed E-state index contributed by atoms with van der Waals surface area (Å²) in [6.45, 7) is 3.38. The van der Waals surface area contributed by atoms with Crippen LogP contribution in [0.2, 0.25) is 0 Å². The Morgan fingerprint density at radius 1 is 1.16 bits per heavy atom. The summed E-state index contributed by atoms with van der Waals surface area (Å²) in [5.41, 5.74) is 1.25. The molecule has 0 radical (unpaired) electrons. The first-order chi connectivity index (χ1) is 14.8. The van der Waals surface area contributed by atoms with E-state index >= 15 is 0 Å². The van der Waals surface area contributed by atoms with Crippen LogP contribution in [0.1, 0.15) is 29.7 Å². The largest absolute Gasteiger partial charge is 0.493 e. The average Bonchev–Trinajstić information content (AvgIpc) is 2.76. The minimum absolute atomic E-state index is 0.120. The van der Waals surface area contributed by atoms with Crippen molar-refractivity contribution >= 4 is 17.3 Å². The summed E-state index contributed by atoms with van der Waals surface area (Å²) < 4.78 is 55.8. The lowest BCUT2D eigenvalue weighted by Crippen LogP contribution is -2.47. The molecule has 3 rings (SSSR count). The zero-order valence-electron chi connectivity index (χ0n) is 17.6. The van der Waals surface area contributed by atoms with E-state index in [0.717, 1.165) is 29.7 Å². The molecular formula is C22H25F3N2O3S. The first-order valence-corrected chi connectivity index (χ1v) is 10.3. The van der Waals surface area contributed by atoms with Crippen LogP contribution in [-0.4, -0.2) is 43.9 Å². The van der Waals surface area contributed by atoms with Gasteiger partial charge >= 0.3 is 6.18 Å². The lowest BCUT2D eigenvalue weighted by Gasteiger charge is -2.39. The molecule has 0 aliphatic carbocycles. The van der Waals surface area contributed by atoms with Crippen molar-refractivity contribution in [1.82, 2.24) is 10.2 Å². The number of nitrogens with one attached hydrogen (secondary N) is 1. The molecular weight excluding hydrogens is 429 g/mol. The molecule has 0 amide bonds. The second-order valence-corrected chi connectivity index (χ2v) is 7.42. The van der Waals surface area contributed by atoms with Crippen molar-refractivity contribution in [1.29, 1.82) is 0 Å². The molecule has 168 valence electrons. The fourth-order valence-corrected chi connectivity index (χ4v) is 4.00. The highest BCUT2D eigenvalue weighted by molar-refractivity contribution is 7.80. The molecule has 0 fully saturated rings. The molecule has 1 aliphatic rings. The molecule has 0 aromatic heterocycles. The Morgan fingerprint density at radius 2 is 1.87 bits per heavy atom. The molecule has 2 aromatic carbocycles. The minimum atomic E-state index is -4.43. The van der Waals surface area contributed by atoms with Gasteiger partial charge < -0.3 is 24.4 Å². The Labute approximate surface area is 185 Å². The Morgan fingerprint density at radius 3 is 2.52 bits per heavy atom. The van der Waals surface area contributed by atoms with Crippen LogP contribution in [0.25, 0.3) is 0 Å². The predicted molar refractivity (Wildman–Crippen MR) is 116 cm³/mol. The number of methoxy groups -OCH3 is 2. The van der Waals surface area contributed by atoms with Crippen LogP contribution in [0, 0.1) is 0 Å². The number of thiocarbonyl (C=S) groups is 1. The maximum atomic E-state index is 13.1. The van der Waals surface area contributed by atoms with Crippen molar-refractivity contribution in [3.05, 3.63) is 53.1 Å². The highest BCUT2D eigenvalue weighted by Gasteiger charge is 2.33. The van der Waals surface area contributed by atoms with Crippen molar-refractivity contribution in [2.24, 2.45) is 0 Å². The van der Waals surface area contributed by atoms with Crippen LogP contribution in [0.15, 0.2) is 36.4 Å². The molecule has 31 heavy (non-hydrogen) atoms. The third-order valence-corrected chi connectivity index (χ3v) is 5.54. The van der Waals surface area contributed by atoms with Crippen molar-refractivity contribution in [3.63, 3.8) is 0 Å². The Bertz CT molecular complexity index is 937. The van der Waals surface area contributed by atoms with Gasteiger partial charge in [-0.3, -0.25) is 0 Å². The smallest absolute Gasteiger partial charge is 0.416 e. The summed E-state index contributed by atoms with van der Waals surface area (Å²) in [4.78, 5) is 2.00. The SMILES string of the molecule is CCNC(=S)N1CCc2cc(OC)c(OC)cc2[C@H]1COc1cccc(C(F)(F)F)c1. The van der Waals surface area contributed by atoms with Crippen molar-refractivity contribution < 1.29 is 27.4 Å². The topological polar surface area (TPSA) is 43.0 Å². The van der Waals surface area contributed by atoms with Crippen LogP contribution in [-0.2, 0) is 12.6 Å². The van der Waals surface area contributed by atoms with Gasteiger partial charge in [0.15, 0.2) is 16.6 Å². The van der Waals surface area contributed by atoms with E-state index in [0.29, 0.717) is 29.7 Å². The van der Waals surface area contributed by atoms with Gasteiger partial charge in [-0.05, 0) is 67.0 Å². The lowest BCUT2D eigenvalue weighted by molar-refractivity contribution is -0.137. The van der Waals surface area contributed by atoms with Gasteiger partial charge in [0.2, 0.25) is 0 Å². The van der Waals surface area contributed by atoms with E-state index in [2.05, 4.69) is 5.32 Å². The van der Waals surface area contributed by atoms with Gasteiger partial charge in [-0.15, -0.1) is 0 Å². The van der Waals surface area contributed by atoms with E-state index in [1.807, 2.05) is 24.0 Å². The fourth-order valence-electron chi connectivity index (χ4n) is 3.64. The number of ether oxygens (including phenoxy) is 3. The number of fused-ring (bicyclic) bond motifs is 1. The van der Waals surface area contributed by atoms with Gasteiger partial charge in [-0.1, -0.05) is 6.07 Å². The first-order valence-electron chi connectivity index (χ1n) is 9.87. The van der Waals surface area contributed by atoms with Crippen LogP contribution < -0.4 is 19.5 Å². The summed E-state index contributed by atoms with van der Waals surface area (Å²) >= 11 is 5.54. The molecule has 1 atom stereocenters. The van der Waals surface area contributed by atoms with E-state index in [1.165, 1.54) is 12.1 Å². The van der Waals surface area contributed by atoms with E-state index in [9.17, 15) is 13.2 Å². The van der Waals surface area contributed by atoms with Crippen LogP contribution in [0.3, 0.4) is 0 Å². The van der Waals surface area contributed by atoms with Gasteiger partial charge in [0.1, 0.15) is 12.4 Å². The van der Waals surface area contributed by atoms with E-state index < -0.39 is 11.7 Å². The second kappa shape index (κ2) is 9.64. The third kappa shape index (κ3) is 5.15. The molecule has 0 unspecified atom stereocenters. The van der Waals surface area contributed by atoms with E-state index in [-0.39, 0.29) is 18.4 Å². The maximum absolute atomic E-state index is 13.1. The third-order valence-electron chi connectivity index (χ3n) is 5.16. The summed E-state index contributed by atoms with van der Waals surface area (Å²) in [6.07, 6.45) is -3.69. The number of benzene rings is 2. The van der Waals surface area contributed by atoms with Gasteiger partial charge in [0.25, 0.3) is 0 Å². The predicted octanol–water partition coefficient (Wildman–Crippen LogP) is 4.60. The number of nitrogens with zero attached hydrogens (tertiary/aromatic N) is 1. The summed E-state index contributed by atoms with van der Waals surface area (Å²) in [5.74, 6) is 1.35. The zero-order valence-corrected chi connectivity index (χ0v) is 18.4. The minimum Gasteiger partial charge on any atom is -0.493 e. The molecule has 0 saturated heterocycles. The first kappa shape index (κ1) is 23.0. The highest BCUT2D eigenvalue weighted by Crippen LogP contribution is 2.39. The summed E-state index contributed by atoms with van der Waals surface area (Å²) in [5, 5.41) is 3.72. The van der Waals surface area contributed by atoms with Gasteiger partial charge in [-0.25, -0.2) is 0 Å². The van der Waals surface area contributed by atoms with Gasteiger partial charge in [0.05, 0.1) is 25.8 Å². The number of halogens is 3. The maximum Gasteiger partial charge on any atom is 0.416 e. The summed E-state index contributed by atoms with van der Waals surface area (Å²) in [6, 6.07) is 8.39. The second-order valence-electron chi connectivity index (χ2n) is 7.04. The molecule has 0 spiro atoms. The van der Waals surface area contributed by atoms with Crippen molar-refractivity contribution in [3.8, 4) is 17.2 Å². The van der Waals surface area contributed by atoms with Crippen LogP contribution >= 0.6 is 12.2 Å².